The van der Waals surface area contributed by atoms with Crippen molar-refractivity contribution >= 4 is 17.3 Å². The smallest absolute Gasteiger partial charge is 0.255 e. The van der Waals surface area contributed by atoms with Gasteiger partial charge in [0.25, 0.3) is 5.91 Å². The van der Waals surface area contributed by atoms with E-state index in [1.807, 2.05) is 31.1 Å². The van der Waals surface area contributed by atoms with Gasteiger partial charge in [0.1, 0.15) is 11.5 Å². The maximum absolute atomic E-state index is 12.3. The molecule has 0 aliphatic carbocycles. The molecular weight excluding hydrogens is 280 g/mol. The summed E-state index contributed by atoms with van der Waals surface area (Å²) in [5.41, 5.74) is 2.19. The molecule has 2 rings (SSSR count). The van der Waals surface area contributed by atoms with Crippen LogP contribution in [0.15, 0.2) is 42.5 Å². The van der Waals surface area contributed by atoms with Crippen LogP contribution in [0.3, 0.4) is 0 Å². The summed E-state index contributed by atoms with van der Waals surface area (Å²) in [6.07, 6.45) is 0. The summed E-state index contributed by atoms with van der Waals surface area (Å²) in [7, 11) is 7.04. The lowest BCUT2D eigenvalue weighted by molar-refractivity contribution is 0.102. The van der Waals surface area contributed by atoms with Crippen molar-refractivity contribution in [2.24, 2.45) is 0 Å². The molecule has 0 fully saturated rings. The molecule has 0 aliphatic heterocycles. The van der Waals surface area contributed by atoms with Gasteiger partial charge in [-0.25, -0.2) is 0 Å². The van der Waals surface area contributed by atoms with Gasteiger partial charge in [0, 0.05) is 31.4 Å². The summed E-state index contributed by atoms with van der Waals surface area (Å²) in [4.78, 5) is 14.3. The van der Waals surface area contributed by atoms with Crippen molar-refractivity contribution in [1.29, 1.82) is 0 Å². The molecule has 0 unspecified atom stereocenters. The Morgan fingerprint density at radius 3 is 2.23 bits per heavy atom. The van der Waals surface area contributed by atoms with E-state index in [1.54, 1.807) is 44.6 Å². The highest BCUT2D eigenvalue weighted by Crippen LogP contribution is 2.29. The molecule has 116 valence electrons. The second kappa shape index (κ2) is 6.85. The van der Waals surface area contributed by atoms with Crippen LogP contribution < -0.4 is 19.7 Å². The Morgan fingerprint density at radius 2 is 1.68 bits per heavy atom. The zero-order chi connectivity index (χ0) is 16.1. The number of anilines is 2. The van der Waals surface area contributed by atoms with E-state index in [0.717, 1.165) is 5.69 Å². The quantitative estimate of drug-likeness (QED) is 0.922. The first-order chi connectivity index (χ1) is 10.5. The van der Waals surface area contributed by atoms with E-state index in [1.165, 1.54) is 0 Å². The lowest BCUT2D eigenvalue weighted by Gasteiger charge is -2.14. The maximum Gasteiger partial charge on any atom is 0.255 e. The molecule has 0 spiro atoms. The Morgan fingerprint density at radius 1 is 1.00 bits per heavy atom. The molecule has 0 atom stereocenters. The van der Waals surface area contributed by atoms with Crippen molar-refractivity contribution in [1.82, 2.24) is 0 Å². The Hall–Kier alpha value is -2.69. The highest BCUT2D eigenvalue weighted by molar-refractivity contribution is 6.05. The molecule has 0 aliphatic rings. The maximum atomic E-state index is 12.3. The van der Waals surface area contributed by atoms with Crippen LogP contribution in [0.4, 0.5) is 11.4 Å². The van der Waals surface area contributed by atoms with Gasteiger partial charge in [-0.2, -0.15) is 0 Å². The Kier molecular flexibility index (Phi) is 4.88. The third-order valence-electron chi connectivity index (χ3n) is 3.30. The van der Waals surface area contributed by atoms with Crippen LogP contribution in [0.1, 0.15) is 10.4 Å². The van der Waals surface area contributed by atoms with Crippen molar-refractivity contribution in [2.45, 2.75) is 0 Å². The Balaban J connectivity index is 2.21. The molecule has 0 radical (unpaired) electrons. The number of methoxy groups -OCH3 is 2. The Bertz CT molecular complexity index is 651. The topological polar surface area (TPSA) is 50.8 Å². The Labute approximate surface area is 130 Å². The monoisotopic (exact) mass is 300 g/mol. The largest absolute Gasteiger partial charge is 0.497 e. The fraction of sp³-hybridized carbons (Fsp3) is 0.235. The van der Waals surface area contributed by atoms with E-state index >= 15 is 0 Å². The third kappa shape index (κ3) is 3.49. The van der Waals surface area contributed by atoms with Gasteiger partial charge in [0.2, 0.25) is 0 Å². The van der Waals surface area contributed by atoms with E-state index in [9.17, 15) is 4.79 Å². The first-order valence-electron chi connectivity index (χ1n) is 6.86. The number of benzene rings is 2. The molecule has 2 aromatic rings. The molecule has 0 saturated carbocycles. The first kappa shape index (κ1) is 15.7. The van der Waals surface area contributed by atoms with Crippen molar-refractivity contribution in [2.75, 3.05) is 38.5 Å². The van der Waals surface area contributed by atoms with E-state index in [2.05, 4.69) is 5.32 Å². The zero-order valence-corrected chi connectivity index (χ0v) is 13.2. The van der Waals surface area contributed by atoms with Crippen LogP contribution in [0.2, 0.25) is 0 Å². The summed E-state index contributed by atoms with van der Waals surface area (Å²) in [6, 6.07) is 12.6. The average Bonchev–Trinajstić information content (AvgIpc) is 2.54. The van der Waals surface area contributed by atoms with Crippen LogP contribution in [0.25, 0.3) is 0 Å². The fourth-order valence-electron chi connectivity index (χ4n) is 2.02. The van der Waals surface area contributed by atoms with Crippen molar-refractivity contribution in [3.8, 4) is 11.5 Å². The van der Waals surface area contributed by atoms with Gasteiger partial charge >= 0.3 is 0 Å². The minimum atomic E-state index is -0.197. The minimum absolute atomic E-state index is 0.197. The van der Waals surface area contributed by atoms with Gasteiger partial charge in [-0.3, -0.25) is 4.79 Å². The molecule has 5 heteroatoms. The number of nitrogens with one attached hydrogen (secondary N) is 1. The highest BCUT2D eigenvalue weighted by atomic mass is 16.5. The number of nitrogens with zero attached hydrogens (tertiary/aromatic N) is 1. The molecular formula is C17H20N2O3. The zero-order valence-electron chi connectivity index (χ0n) is 13.2. The highest BCUT2D eigenvalue weighted by Gasteiger charge is 2.11. The standard InChI is InChI=1S/C17H20N2O3/c1-19(2)13-7-5-12(6-8-13)17(20)18-15-11-14(21-3)9-10-16(15)22-4/h5-11H,1-4H3,(H,18,20). The number of hydrogen-bond acceptors (Lipinski definition) is 4. The number of rotatable bonds is 5. The lowest BCUT2D eigenvalue weighted by atomic mass is 10.1. The summed E-state index contributed by atoms with van der Waals surface area (Å²) < 4.78 is 10.4. The van der Waals surface area contributed by atoms with E-state index in [4.69, 9.17) is 9.47 Å². The van der Waals surface area contributed by atoms with Gasteiger partial charge in [-0.15, -0.1) is 0 Å². The predicted molar refractivity (Wildman–Crippen MR) is 88.3 cm³/mol. The molecule has 0 heterocycles. The summed E-state index contributed by atoms with van der Waals surface area (Å²) in [5, 5.41) is 2.84. The van der Waals surface area contributed by atoms with Gasteiger partial charge in [0.15, 0.2) is 0 Å². The molecule has 2 aromatic carbocycles. The SMILES string of the molecule is COc1ccc(OC)c(NC(=O)c2ccc(N(C)C)cc2)c1. The van der Waals surface area contributed by atoms with Crippen LogP contribution in [-0.4, -0.2) is 34.2 Å². The average molecular weight is 300 g/mol. The third-order valence-corrected chi connectivity index (χ3v) is 3.30. The molecule has 0 aromatic heterocycles. The predicted octanol–water partition coefficient (Wildman–Crippen LogP) is 3.02. The van der Waals surface area contributed by atoms with E-state index < -0.39 is 0 Å². The second-order valence-electron chi connectivity index (χ2n) is 4.96. The first-order valence-corrected chi connectivity index (χ1v) is 6.86. The normalized spacial score (nSPS) is 10.0. The van der Waals surface area contributed by atoms with Crippen LogP contribution >= 0.6 is 0 Å². The summed E-state index contributed by atoms with van der Waals surface area (Å²) in [6.45, 7) is 0. The molecule has 1 N–H and O–H groups in total. The van der Waals surface area contributed by atoms with Gasteiger partial charge < -0.3 is 19.7 Å². The molecule has 22 heavy (non-hydrogen) atoms. The van der Waals surface area contributed by atoms with E-state index in [-0.39, 0.29) is 5.91 Å². The van der Waals surface area contributed by atoms with Crippen molar-refractivity contribution in [3.05, 3.63) is 48.0 Å². The summed E-state index contributed by atoms with van der Waals surface area (Å²) >= 11 is 0. The second-order valence-corrected chi connectivity index (χ2v) is 4.96. The summed E-state index contributed by atoms with van der Waals surface area (Å²) in [5.74, 6) is 1.04. The lowest BCUT2D eigenvalue weighted by Crippen LogP contribution is -2.13. The van der Waals surface area contributed by atoms with Crippen LogP contribution in [0, 0.1) is 0 Å². The van der Waals surface area contributed by atoms with Gasteiger partial charge in [0.05, 0.1) is 19.9 Å². The van der Waals surface area contributed by atoms with Gasteiger partial charge in [-0.1, -0.05) is 0 Å². The number of carbonyl (C=O) groups excluding carboxylic acids is 1. The molecule has 0 bridgehead atoms. The van der Waals surface area contributed by atoms with Gasteiger partial charge in [-0.05, 0) is 36.4 Å². The molecule has 5 nitrogen and oxygen atoms in total. The molecule has 0 saturated heterocycles. The fourth-order valence-corrected chi connectivity index (χ4v) is 2.02. The van der Waals surface area contributed by atoms with Crippen molar-refractivity contribution < 1.29 is 14.3 Å². The van der Waals surface area contributed by atoms with E-state index in [0.29, 0.717) is 22.7 Å². The van der Waals surface area contributed by atoms with Crippen LogP contribution in [0.5, 0.6) is 11.5 Å². The minimum Gasteiger partial charge on any atom is -0.497 e. The van der Waals surface area contributed by atoms with Crippen LogP contribution in [-0.2, 0) is 0 Å². The number of carbonyl (C=O) groups is 1. The molecule has 1 amide bonds. The van der Waals surface area contributed by atoms with Crippen molar-refractivity contribution in [3.63, 3.8) is 0 Å². The number of hydrogen-bond donors (Lipinski definition) is 1. The number of ether oxygens (including phenoxy) is 2. The number of amides is 1.